The van der Waals surface area contributed by atoms with Crippen molar-refractivity contribution in [3.63, 3.8) is 0 Å². The van der Waals surface area contributed by atoms with Gasteiger partial charge in [0.25, 0.3) is 0 Å². The zero-order valence-electron chi connectivity index (χ0n) is 22.3. The molecule has 4 aliphatic carbocycles. The van der Waals surface area contributed by atoms with Gasteiger partial charge in [0.1, 0.15) is 0 Å². The number of nitrogens with zero attached hydrogens (tertiary/aromatic N) is 2. The number of aromatic nitrogens is 2. The monoisotopic (exact) mass is 550 g/mol. The van der Waals surface area contributed by atoms with Gasteiger partial charge >= 0.3 is 5.97 Å². The van der Waals surface area contributed by atoms with E-state index in [1.807, 2.05) is 13.0 Å². The predicted octanol–water partition coefficient (Wildman–Crippen LogP) is 4.83. The molecule has 3 saturated carbocycles. The van der Waals surface area contributed by atoms with Gasteiger partial charge in [-0.15, -0.1) is 0 Å². The maximum absolute atomic E-state index is 14.2. The number of ketones is 2. The van der Waals surface area contributed by atoms with Gasteiger partial charge in [0.15, 0.2) is 22.3 Å². The third-order valence-electron chi connectivity index (χ3n) is 10.3. The molecule has 2 heterocycles. The largest absolute Gasteiger partial charge is 0.457 e. The van der Waals surface area contributed by atoms with Crippen molar-refractivity contribution in [2.45, 2.75) is 75.7 Å². The second-order valence-corrected chi connectivity index (χ2v) is 13.0. The molecule has 1 N–H and O–H groups in total. The van der Waals surface area contributed by atoms with E-state index in [2.05, 4.69) is 16.9 Å². The Labute approximate surface area is 232 Å². The summed E-state index contributed by atoms with van der Waals surface area (Å²) in [6.07, 6.45) is 10.2. The molecule has 39 heavy (non-hydrogen) atoms. The van der Waals surface area contributed by atoms with E-state index in [1.165, 1.54) is 24.1 Å². The lowest BCUT2D eigenvalue weighted by molar-refractivity contribution is -0.180. The van der Waals surface area contributed by atoms with Gasteiger partial charge in [0.05, 0.1) is 18.1 Å². The van der Waals surface area contributed by atoms with Crippen LogP contribution in [0.1, 0.15) is 69.3 Å². The molecule has 0 aromatic carbocycles. The van der Waals surface area contributed by atoms with Crippen LogP contribution < -0.4 is 0 Å². The van der Waals surface area contributed by atoms with Gasteiger partial charge in [-0.25, -0.2) is 14.8 Å². The van der Waals surface area contributed by atoms with Crippen molar-refractivity contribution in [1.82, 2.24) is 9.97 Å². The molecule has 2 aromatic heterocycles. The molecule has 4 aliphatic rings. The van der Waals surface area contributed by atoms with E-state index >= 15 is 0 Å². The summed E-state index contributed by atoms with van der Waals surface area (Å²) in [5.41, 5.74) is -1.24. The molecule has 0 saturated heterocycles. The van der Waals surface area contributed by atoms with E-state index in [0.717, 1.165) is 31.3 Å². The molecule has 0 amide bonds. The minimum atomic E-state index is -1.41. The van der Waals surface area contributed by atoms with E-state index < -0.39 is 23.1 Å². The number of ether oxygens (including phenoxy) is 1. The zero-order valence-corrected chi connectivity index (χ0v) is 23.1. The van der Waals surface area contributed by atoms with Gasteiger partial charge < -0.3 is 14.3 Å². The number of carbonyl (C=O) groups excluding carboxylic acids is 3. The number of aliphatic hydroxyl groups is 1. The highest BCUT2D eigenvalue weighted by Crippen LogP contribution is 2.68. The quantitative estimate of drug-likeness (QED) is 0.306. The fourth-order valence-electron chi connectivity index (χ4n) is 8.57. The number of hydrogen-bond donors (Lipinski definition) is 1. The zero-order chi connectivity index (χ0) is 27.4. The van der Waals surface area contributed by atoms with Gasteiger partial charge in [-0.3, -0.25) is 9.59 Å². The Bertz CT molecular complexity index is 1310. The number of hydrogen-bond acceptors (Lipinski definition) is 9. The third-order valence-corrected chi connectivity index (χ3v) is 11.2. The van der Waals surface area contributed by atoms with Gasteiger partial charge in [0.2, 0.25) is 5.76 Å². The van der Waals surface area contributed by atoms with E-state index in [-0.39, 0.29) is 46.2 Å². The van der Waals surface area contributed by atoms with Crippen LogP contribution in [0.25, 0.3) is 0 Å². The average molecular weight is 551 g/mol. The van der Waals surface area contributed by atoms with Crippen molar-refractivity contribution in [1.29, 1.82) is 0 Å². The average Bonchev–Trinajstić information content (AvgIpc) is 3.55. The number of furan rings is 1. The summed E-state index contributed by atoms with van der Waals surface area (Å²) in [6, 6.07) is 4.87. The van der Waals surface area contributed by atoms with Crippen molar-refractivity contribution >= 4 is 29.3 Å². The molecule has 206 valence electrons. The first kappa shape index (κ1) is 26.4. The highest BCUT2D eigenvalue weighted by molar-refractivity contribution is 7.99. The number of allylic oxidation sites excluding steroid dienone is 1. The Morgan fingerprint density at radius 1 is 1.15 bits per heavy atom. The molecule has 3 fully saturated rings. The fraction of sp³-hybridized carbons (Fsp3) is 0.567. The van der Waals surface area contributed by atoms with Crippen LogP contribution in [0.2, 0.25) is 0 Å². The molecule has 0 radical (unpaired) electrons. The smallest absolute Gasteiger partial charge is 0.375 e. The minimum Gasteiger partial charge on any atom is -0.457 e. The van der Waals surface area contributed by atoms with Crippen LogP contribution in [0.3, 0.4) is 0 Å². The van der Waals surface area contributed by atoms with E-state index in [9.17, 15) is 19.5 Å². The Morgan fingerprint density at radius 2 is 1.95 bits per heavy atom. The number of aliphatic hydroxyl groups excluding tert-OH is 1. The Morgan fingerprint density at radius 3 is 2.69 bits per heavy atom. The predicted molar refractivity (Wildman–Crippen MR) is 143 cm³/mol. The van der Waals surface area contributed by atoms with Crippen molar-refractivity contribution in [2.75, 3.05) is 5.75 Å². The van der Waals surface area contributed by atoms with Crippen LogP contribution in [-0.4, -0.2) is 50.1 Å². The first-order valence-electron chi connectivity index (χ1n) is 13.8. The molecule has 0 aliphatic heterocycles. The number of esters is 1. The second kappa shape index (κ2) is 9.70. The van der Waals surface area contributed by atoms with Crippen molar-refractivity contribution < 1.29 is 28.6 Å². The molecule has 5 unspecified atom stereocenters. The Kier molecular flexibility index (Phi) is 6.57. The van der Waals surface area contributed by atoms with Crippen molar-refractivity contribution in [2.24, 2.45) is 28.6 Å². The van der Waals surface area contributed by atoms with Crippen LogP contribution in [0.4, 0.5) is 0 Å². The molecule has 2 aromatic rings. The van der Waals surface area contributed by atoms with Gasteiger partial charge in [0, 0.05) is 24.2 Å². The van der Waals surface area contributed by atoms with E-state index in [4.69, 9.17) is 9.15 Å². The molecular formula is C30H34N2O6S. The lowest BCUT2D eigenvalue weighted by Crippen LogP contribution is -2.63. The SMILES string of the molecule is CC12CCC(=O)C=C1CCC1C2[C@@H](O)CC2(C)C1CC[C@]2(OC(=O)c1ccco1)C(=O)CSc1ncccn1. The van der Waals surface area contributed by atoms with E-state index in [1.54, 1.807) is 24.5 Å². The lowest BCUT2D eigenvalue weighted by Gasteiger charge is -2.60. The molecule has 0 spiro atoms. The molecule has 0 bridgehead atoms. The standard InChI is InChI=1S/C30H34N2O6S/c1-28-10-8-19(33)15-18(28)6-7-20-21-9-11-30(29(21,2)16-22(34)25(20)28,38-26(36)23-5-3-14-37-23)24(35)17-39-27-31-12-4-13-32-27/h3-5,12-15,20-22,25,34H,6-11,16-17H2,1-2H3/t20?,21?,22-,25?,28?,29?,30-/m0/s1. The fourth-order valence-corrected chi connectivity index (χ4v) is 9.33. The highest BCUT2D eigenvalue weighted by Gasteiger charge is 2.70. The van der Waals surface area contributed by atoms with Crippen molar-refractivity contribution in [3.05, 3.63) is 54.3 Å². The van der Waals surface area contributed by atoms with Gasteiger partial charge in [-0.2, -0.15) is 0 Å². The summed E-state index contributed by atoms with van der Waals surface area (Å²) >= 11 is 1.23. The van der Waals surface area contributed by atoms with Crippen LogP contribution in [-0.2, 0) is 14.3 Å². The van der Waals surface area contributed by atoms with E-state index in [0.29, 0.717) is 24.4 Å². The number of rotatable bonds is 6. The summed E-state index contributed by atoms with van der Waals surface area (Å²) in [5.74, 6) is -0.331. The highest BCUT2D eigenvalue weighted by atomic mass is 32.2. The van der Waals surface area contributed by atoms with Crippen LogP contribution in [0, 0.1) is 28.6 Å². The summed E-state index contributed by atoms with van der Waals surface area (Å²) in [6.45, 7) is 4.23. The summed E-state index contributed by atoms with van der Waals surface area (Å²) in [4.78, 5) is 48.1. The molecule has 9 heteroatoms. The second-order valence-electron chi connectivity index (χ2n) is 12.1. The topological polar surface area (TPSA) is 120 Å². The third kappa shape index (κ3) is 4.11. The Balaban J connectivity index is 1.35. The van der Waals surface area contributed by atoms with Crippen LogP contribution in [0.15, 0.2) is 58.1 Å². The lowest BCUT2D eigenvalue weighted by atomic mass is 9.45. The van der Waals surface area contributed by atoms with Crippen LogP contribution >= 0.6 is 11.8 Å². The first-order valence-corrected chi connectivity index (χ1v) is 14.8. The molecular weight excluding hydrogens is 516 g/mol. The van der Waals surface area contributed by atoms with Crippen molar-refractivity contribution in [3.8, 4) is 0 Å². The summed E-state index contributed by atoms with van der Waals surface area (Å²) in [7, 11) is 0. The number of thioether (sulfide) groups is 1. The number of Topliss-reactive ketones (excluding diaryl/α,β-unsaturated/α-hetero) is 1. The summed E-state index contributed by atoms with van der Waals surface area (Å²) < 4.78 is 11.6. The van der Waals surface area contributed by atoms with Gasteiger partial charge in [-0.1, -0.05) is 31.2 Å². The Hall–Kier alpha value is -2.78. The van der Waals surface area contributed by atoms with Crippen LogP contribution in [0.5, 0.6) is 0 Å². The number of fused-ring (bicyclic) bond motifs is 5. The molecule has 6 rings (SSSR count). The first-order chi connectivity index (χ1) is 18.7. The molecule has 8 nitrogen and oxygen atoms in total. The summed E-state index contributed by atoms with van der Waals surface area (Å²) in [5, 5.41) is 12.3. The normalized spacial score (nSPS) is 37.3. The molecule has 7 atom stereocenters. The van der Waals surface area contributed by atoms with Gasteiger partial charge in [-0.05, 0) is 86.0 Å². The maximum Gasteiger partial charge on any atom is 0.375 e. The minimum absolute atomic E-state index is 0.00226. The maximum atomic E-state index is 14.2. The number of carbonyl (C=O) groups is 3.